The highest BCUT2D eigenvalue weighted by Gasteiger charge is 2.41. The smallest absolute Gasteiger partial charge is 0.0320 e. The Morgan fingerprint density at radius 3 is 1.35 bits per heavy atom. The van der Waals surface area contributed by atoms with E-state index in [1.807, 2.05) is 0 Å². The molecule has 0 N–H and O–H groups in total. The van der Waals surface area contributed by atoms with Gasteiger partial charge in [0, 0.05) is 19.8 Å². The lowest BCUT2D eigenvalue weighted by Crippen LogP contribution is -2.36. The second kappa shape index (κ2) is 4.45. The van der Waals surface area contributed by atoms with Crippen molar-refractivity contribution in [3.05, 3.63) is 67.6 Å². The molecule has 1 aliphatic carbocycles. The van der Waals surface area contributed by atoms with Gasteiger partial charge in [0.25, 0.3) is 0 Å². The predicted octanol–water partition coefficient (Wildman–Crippen LogP) is 6.18. The van der Waals surface area contributed by atoms with Crippen molar-refractivity contribution in [3.8, 4) is 0 Å². The van der Waals surface area contributed by atoms with Crippen molar-refractivity contribution in [1.82, 2.24) is 0 Å². The minimum atomic E-state index is 0.0324. The molecule has 0 atom stereocenters. The first kappa shape index (κ1) is 14.3. The Bertz CT molecular complexity index is 637. The van der Waals surface area contributed by atoms with Crippen LogP contribution in [0.1, 0.15) is 49.9 Å². The zero-order valence-corrected chi connectivity index (χ0v) is 15.4. The molecule has 20 heavy (non-hydrogen) atoms. The Kier molecular flexibility index (Phi) is 3.19. The van der Waals surface area contributed by atoms with Gasteiger partial charge in [0.05, 0.1) is 0 Å². The molecule has 0 aromatic heterocycles. The van der Waals surface area contributed by atoms with Crippen LogP contribution >= 0.6 is 31.9 Å². The van der Waals surface area contributed by atoms with Crippen molar-refractivity contribution < 1.29 is 0 Å². The first-order chi connectivity index (χ1) is 9.26. The Morgan fingerprint density at radius 2 is 1.00 bits per heavy atom. The topological polar surface area (TPSA) is 0 Å². The fourth-order valence-electron chi connectivity index (χ4n) is 3.44. The average molecular weight is 394 g/mol. The average Bonchev–Trinajstić information content (AvgIpc) is 2.40. The maximum Gasteiger partial charge on any atom is 0.0320 e. The second-order valence-electron chi connectivity index (χ2n) is 6.61. The van der Waals surface area contributed by atoms with Crippen LogP contribution in [0.25, 0.3) is 0 Å². The predicted molar refractivity (Wildman–Crippen MR) is 92.5 cm³/mol. The third-order valence-electron chi connectivity index (χ3n) is 4.68. The van der Waals surface area contributed by atoms with Crippen LogP contribution in [-0.2, 0) is 10.8 Å². The Labute approximate surface area is 137 Å². The highest BCUT2D eigenvalue weighted by Crippen LogP contribution is 2.51. The summed E-state index contributed by atoms with van der Waals surface area (Å²) < 4.78 is 2.25. The Morgan fingerprint density at radius 1 is 0.650 bits per heavy atom. The molecule has 0 saturated heterocycles. The normalized spacial score (nSPS) is 18.3. The summed E-state index contributed by atoms with van der Waals surface area (Å²) in [6, 6.07) is 13.4. The van der Waals surface area contributed by atoms with Crippen LogP contribution in [0.3, 0.4) is 0 Å². The number of hydrogen-bond donors (Lipinski definition) is 0. The third kappa shape index (κ3) is 1.84. The van der Waals surface area contributed by atoms with Gasteiger partial charge in [0.1, 0.15) is 0 Å². The van der Waals surface area contributed by atoms with Gasteiger partial charge in [-0.25, -0.2) is 0 Å². The Balaban J connectivity index is 2.42. The molecular weight excluding hydrogens is 376 g/mol. The zero-order chi connectivity index (χ0) is 14.7. The maximum absolute atomic E-state index is 3.66. The van der Waals surface area contributed by atoms with Crippen LogP contribution in [0.2, 0.25) is 0 Å². The van der Waals surface area contributed by atoms with E-state index in [-0.39, 0.29) is 10.8 Å². The number of benzene rings is 2. The summed E-state index contributed by atoms with van der Waals surface area (Å²) in [5, 5.41) is 0. The van der Waals surface area contributed by atoms with E-state index in [0.29, 0.717) is 0 Å². The van der Waals surface area contributed by atoms with Gasteiger partial charge in [-0.15, -0.1) is 0 Å². The zero-order valence-electron chi connectivity index (χ0n) is 12.2. The van der Waals surface area contributed by atoms with Crippen molar-refractivity contribution in [2.75, 3.05) is 0 Å². The standard InChI is InChI=1S/C18H18Br2/c1-17(2)11-7-5-6-8-12(11)18(3,4)14-10-16(20)15(19)9-13(14)17/h5-10H,1-4H3. The van der Waals surface area contributed by atoms with Crippen molar-refractivity contribution in [3.63, 3.8) is 0 Å². The summed E-state index contributed by atoms with van der Waals surface area (Å²) in [6.45, 7) is 9.28. The minimum Gasteiger partial charge on any atom is -0.0619 e. The van der Waals surface area contributed by atoms with E-state index < -0.39 is 0 Å². The molecule has 0 radical (unpaired) electrons. The molecule has 2 heteroatoms. The molecule has 3 rings (SSSR count). The van der Waals surface area contributed by atoms with E-state index in [1.165, 1.54) is 22.3 Å². The molecule has 0 aliphatic heterocycles. The molecule has 2 aromatic carbocycles. The van der Waals surface area contributed by atoms with Crippen molar-refractivity contribution in [2.24, 2.45) is 0 Å². The van der Waals surface area contributed by atoms with E-state index in [1.54, 1.807) is 0 Å². The molecule has 0 saturated carbocycles. The molecule has 0 unspecified atom stereocenters. The first-order valence-electron chi connectivity index (χ1n) is 6.86. The van der Waals surface area contributed by atoms with Gasteiger partial charge in [-0.2, -0.15) is 0 Å². The van der Waals surface area contributed by atoms with E-state index in [2.05, 4.69) is 96.0 Å². The number of halogens is 2. The monoisotopic (exact) mass is 392 g/mol. The van der Waals surface area contributed by atoms with E-state index in [9.17, 15) is 0 Å². The van der Waals surface area contributed by atoms with Crippen molar-refractivity contribution in [1.29, 1.82) is 0 Å². The van der Waals surface area contributed by atoms with E-state index in [4.69, 9.17) is 0 Å². The van der Waals surface area contributed by atoms with Crippen LogP contribution in [0.15, 0.2) is 45.3 Å². The molecule has 0 bridgehead atoms. The first-order valence-corrected chi connectivity index (χ1v) is 8.45. The quantitative estimate of drug-likeness (QED) is 0.501. The maximum atomic E-state index is 3.66. The molecule has 0 fully saturated rings. The van der Waals surface area contributed by atoms with Crippen LogP contribution in [-0.4, -0.2) is 0 Å². The molecular formula is C18H18Br2. The third-order valence-corrected chi connectivity index (χ3v) is 6.53. The van der Waals surface area contributed by atoms with Gasteiger partial charge in [0.15, 0.2) is 0 Å². The second-order valence-corrected chi connectivity index (χ2v) is 8.32. The molecule has 2 aromatic rings. The van der Waals surface area contributed by atoms with Gasteiger partial charge in [-0.05, 0) is 66.2 Å². The van der Waals surface area contributed by atoms with Gasteiger partial charge in [0.2, 0.25) is 0 Å². The summed E-state index contributed by atoms with van der Waals surface area (Å²) in [5.41, 5.74) is 5.76. The van der Waals surface area contributed by atoms with Crippen molar-refractivity contribution in [2.45, 2.75) is 38.5 Å². The minimum absolute atomic E-state index is 0.0324. The van der Waals surface area contributed by atoms with E-state index in [0.717, 1.165) is 8.95 Å². The number of hydrogen-bond acceptors (Lipinski definition) is 0. The molecule has 0 nitrogen and oxygen atoms in total. The van der Waals surface area contributed by atoms with Gasteiger partial charge in [-0.3, -0.25) is 0 Å². The van der Waals surface area contributed by atoms with Crippen LogP contribution < -0.4 is 0 Å². The summed E-state index contributed by atoms with van der Waals surface area (Å²) in [7, 11) is 0. The fraction of sp³-hybridized carbons (Fsp3) is 0.333. The summed E-state index contributed by atoms with van der Waals surface area (Å²) in [5.74, 6) is 0. The van der Waals surface area contributed by atoms with Crippen LogP contribution in [0.5, 0.6) is 0 Å². The molecule has 0 spiro atoms. The van der Waals surface area contributed by atoms with Gasteiger partial charge >= 0.3 is 0 Å². The molecule has 1 aliphatic rings. The largest absolute Gasteiger partial charge is 0.0619 e. The number of rotatable bonds is 0. The lowest BCUT2D eigenvalue weighted by molar-refractivity contribution is 0.520. The summed E-state index contributed by atoms with van der Waals surface area (Å²) in [4.78, 5) is 0. The highest BCUT2D eigenvalue weighted by atomic mass is 79.9. The summed E-state index contributed by atoms with van der Waals surface area (Å²) >= 11 is 7.31. The Hall–Kier alpha value is -0.600. The number of fused-ring (bicyclic) bond motifs is 2. The molecule has 104 valence electrons. The van der Waals surface area contributed by atoms with E-state index >= 15 is 0 Å². The van der Waals surface area contributed by atoms with Crippen molar-refractivity contribution >= 4 is 31.9 Å². The van der Waals surface area contributed by atoms with Crippen LogP contribution in [0.4, 0.5) is 0 Å². The fourth-order valence-corrected chi connectivity index (χ4v) is 4.13. The summed E-state index contributed by atoms with van der Waals surface area (Å²) in [6.07, 6.45) is 0. The SMILES string of the molecule is CC1(C)c2ccccc2C(C)(C)c2cc(Br)c(Br)cc21. The lowest BCUT2D eigenvalue weighted by atomic mass is 9.60. The van der Waals surface area contributed by atoms with Gasteiger partial charge in [-0.1, -0.05) is 52.0 Å². The lowest BCUT2D eigenvalue weighted by Gasteiger charge is -2.44. The van der Waals surface area contributed by atoms with Gasteiger partial charge < -0.3 is 0 Å². The highest BCUT2D eigenvalue weighted by molar-refractivity contribution is 9.13. The molecule has 0 amide bonds. The van der Waals surface area contributed by atoms with Crippen LogP contribution in [0, 0.1) is 0 Å². The molecule has 0 heterocycles.